The van der Waals surface area contributed by atoms with Crippen LogP contribution in [-0.2, 0) is 11.3 Å². The summed E-state index contributed by atoms with van der Waals surface area (Å²) in [5, 5.41) is 5.79. The van der Waals surface area contributed by atoms with Crippen LogP contribution in [0.5, 0.6) is 0 Å². The first-order valence-electron chi connectivity index (χ1n) is 5.39. The molecule has 2 N–H and O–H groups in total. The molecule has 1 aromatic rings. The van der Waals surface area contributed by atoms with Crippen molar-refractivity contribution < 1.29 is 4.79 Å². The van der Waals surface area contributed by atoms with E-state index in [4.69, 9.17) is 0 Å². The maximum atomic E-state index is 11.2. The largest absolute Gasteiger partial charge is 0.373 e. The van der Waals surface area contributed by atoms with Gasteiger partial charge in [-0.3, -0.25) is 9.69 Å². The fourth-order valence-corrected chi connectivity index (χ4v) is 1.75. The number of piperazine rings is 1. The number of carbonyl (C=O) groups is 1. The summed E-state index contributed by atoms with van der Waals surface area (Å²) in [7, 11) is 1.84. The van der Waals surface area contributed by atoms with Gasteiger partial charge in [0.05, 0.1) is 6.54 Å². The molecule has 0 aliphatic carbocycles. The lowest BCUT2D eigenvalue weighted by Crippen LogP contribution is -2.47. The quantitative estimate of drug-likeness (QED) is 0.756. The Balaban J connectivity index is 1.94. The highest BCUT2D eigenvalue weighted by Crippen LogP contribution is 2.07. The molecule has 0 atom stereocenters. The first-order chi connectivity index (χ1) is 7.78. The maximum Gasteiger partial charge on any atom is 0.234 e. The van der Waals surface area contributed by atoms with Crippen LogP contribution in [0.15, 0.2) is 18.3 Å². The third kappa shape index (κ3) is 2.70. The number of hydrogen-bond donors (Lipinski definition) is 2. The lowest BCUT2D eigenvalue weighted by Gasteiger charge is -2.26. The Morgan fingerprint density at radius 2 is 2.44 bits per heavy atom. The average Bonchev–Trinajstić information content (AvgIpc) is 2.30. The zero-order chi connectivity index (χ0) is 11.4. The first-order valence-corrected chi connectivity index (χ1v) is 5.39. The molecule has 1 aliphatic heterocycles. The molecule has 0 bridgehead atoms. The summed E-state index contributed by atoms with van der Waals surface area (Å²) in [6, 6.07) is 3.98. The highest BCUT2D eigenvalue weighted by molar-refractivity contribution is 5.78. The van der Waals surface area contributed by atoms with E-state index in [0.717, 1.165) is 31.0 Å². The van der Waals surface area contributed by atoms with Crippen LogP contribution in [0.3, 0.4) is 0 Å². The zero-order valence-corrected chi connectivity index (χ0v) is 9.36. The van der Waals surface area contributed by atoms with Crippen LogP contribution < -0.4 is 10.6 Å². The molecular formula is C11H16N4O. The first kappa shape index (κ1) is 10.9. The van der Waals surface area contributed by atoms with E-state index in [1.54, 1.807) is 0 Å². The third-order valence-corrected chi connectivity index (χ3v) is 2.60. The van der Waals surface area contributed by atoms with Crippen molar-refractivity contribution in [3.63, 3.8) is 0 Å². The number of anilines is 1. The lowest BCUT2D eigenvalue weighted by molar-refractivity contribution is -0.124. The van der Waals surface area contributed by atoms with Crippen molar-refractivity contribution in [2.45, 2.75) is 6.54 Å². The molecule has 2 heterocycles. The van der Waals surface area contributed by atoms with Gasteiger partial charge in [0.2, 0.25) is 5.91 Å². The second kappa shape index (κ2) is 4.94. The predicted octanol–water partition coefficient (Wildman–Crippen LogP) is 0.0551. The predicted molar refractivity (Wildman–Crippen MR) is 62.1 cm³/mol. The molecule has 0 saturated carbocycles. The van der Waals surface area contributed by atoms with E-state index in [-0.39, 0.29) is 5.91 Å². The summed E-state index contributed by atoms with van der Waals surface area (Å²) in [6.07, 6.45) is 1.85. The number of rotatable bonds is 3. The van der Waals surface area contributed by atoms with Gasteiger partial charge in [0, 0.05) is 32.9 Å². The Labute approximate surface area is 94.9 Å². The minimum atomic E-state index is 0.103. The molecule has 86 valence electrons. The van der Waals surface area contributed by atoms with E-state index < -0.39 is 0 Å². The summed E-state index contributed by atoms with van der Waals surface area (Å²) < 4.78 is 0. The van der Waals surface area contributed by atoms with E-state index >= 15 is 0 Å². The lowest BCUT2D eigenvalue weighted by atomic mass is 10.2. The van der Waals surface area contributed by atoms with Gasteiger partial charge in [-0.2, -0.15) is 0 Å². The standard InChI is InChI=1S/C11H16N4O/c1-12-10-3-2-9(6-14-10)7-15-5-4-13-11(16)8-15/h2-3,6H,4-5,7-8H2,1H3,(H,12,14)(H,13,16). The van der Waals surface area contributed by atoms with Crippen LogP contribution in [0.25, 0.3) is 0 Å². The SMILES string of the molecule is CNc1ccc(CN2CCNC(=O)C2)cn1. The summed E-state index contributed by atoms with van der Waals surface area (Å²) in [5.41, 5.74) is 1.13. The molecule has 1 fully saturated rings. The van der Waals surface area contributed by atoms with Crippen LogP contribution in [-0.4, -0.2) is 42.5 Å². The average molecular weight is 220 g/mol. The summed E-state index contributed by atoms with van der Waals surface area (Å²) in [4.78, 5) is 17.5. The van der Waals surface area contributed by atoms with Gasteiger partial charge in [-0.1, -0.05) is 6.07 Å². The summed E-state index contributed by atoms with van der Waals surface area (Å²) in [6.45, 7) is 2.90. The van der Waals surface area contributed by atoms with Crippen LogP contribution in [0.2, 0.25) is 0 Å². The van der Waals surface area contributed by atoms with E-state index in [0.29, 0.717) is 6.54 Å². The van der Waals surface area contributed by atoms with Gasteiger partial charge in [-0.05, 0) is 11.6 Å². The minimum Gasteiger partial charge on any atom is -0.373 e. The van der Waals surface area contributed by atoms with Crippen molar-refractivity contribution >= 4 is 11.7 Å². The molecule has 5 heteroatoms. The van der Waals surface area contributed by atoms with E-state index in [2.05, 4.69) is 20.5 Å². The molecule has 2 rings (SSSR count). The van der Waals surface area contributed by atoms with Crippen LogP contribution in [0.4, 0.5) is 5.82 Å². The molecule has 0 aromatic carbocycles. The zero-order valence-electron chi connectivity index (χ0n) is 9.36. The van der Waals surface area contributed by atoms with Gasteiger partial charge in [0.25, 0.3) is 0 Å². The van der Waals surface area contributed by atoms with Crippen molar-refractivity contribution in [1.82, 2.24) is 15.2 Å². The second-order valence-electron chi connectivity index (χ2n) is 3.86. The Bertz CT molecular complexity index is 363. The monoisotopic (exact) mass is 220 g/mol. The number of carbonyl (C=O) groups excluding carboxylic acids is 1. The molecular weight excluding hydrogens is 204 g/mol. The Morgan fingerprint density at radius 1 is 1.56 bits per heavy atom. The van der Waals surface area contributed by atoms with Gasteiger partial charge < -0.3 is 10.6 Å². The van der Waals surface area contributed by atoms with Crippen LogP contribution >= 0.6 is 0 Å². The summed E-state index contributed by atoms with van der Waals surface area (Å²) >= 11 is 0. The highest BCUT2D eigenvalue weighted by atomic mass is 16.2. The highest BCUT2D eigenvalue weighted by Gasteiger charge is 2.15. The van der Waals surface area contributed by atoms with Crippen molar-refractivity contribution in [3.05, 3.63) is 23.9 Å². The second-order valence-corrected chi connectivity index (χ2v) is 3.86. The Morgan fingerprint density at radius 3 is 3.06 bits per heavy atom. The summed E-state index contributed by atoms with van der Waals surface area (Å²) in [5.74, 6) is 0.964. The van der Waals surface area contributed by atoms with Crippen molar-refractivity contribution in [3.8, 4) is 0 Å². The molecule has 1 saturated heterocycles. The fraction of sp³-hybridized carbons (Fsp3) is 0.455. The van der Waals surface area contributed by atoms with E-state index in [1.165, 1.54) is 0 Å². The molecule has 0 radical (unpaired) electrons. The van der Waals surface area contributed by atoms with Gasteiger partial charge in [-0.15, -0.1) is 0 Å². The minimum absolute atomic E-state index is 0.103. The van der Waals surface area contributed by atoms with Crippen molar-refractivity contribution in [2.75, 3.05) is 32.0 Å². The number of pyridine rings is 1. The topological polar surface area (TPSA) is 57.3 Å². The van der Waals surface area contributed by atoms with Crippen molar-refractivity contribution in [1.29, 1.82) is 0 Å². The van der Waals surface area contributed by atoms with E-state index in [1.807, 2.05) is 25.4 Å². The smallest absolute Gasteiger partial charge is 0.234 e. The molecule has 1 aromatic heterocycles. The number of nitrogens with one attached hydrogen (secondary N) is 2. The van der Waals surface area contributed by atoms with Gasteiger partial charge in [0.15, 0.2) is 0 Å². The van der Waals surface area contributed by atoms with Gasteiger partial charge in [0.1, 0.15) is 5.82 Å². The number of nitrogens with zero attached hydrogens (tertiary/aromatic N) is 2. The molecule has 16 heavy (non-hydrogen) atoms. The van der Waals surface area contributed by atoms with Gasteiger partial charge >= 0.3 is 0 Å². The van der Waals surface area contributed by atoms with Crippen LogP contribution in [0.1, 0.15) is 5.56 Å². The number of aromatic nitrogens is 1. The number of amides is 1. The Kier molecular flexibility index (Phi) is 3.36. The maximum absolute atomic E-state index is 11.2. The molecule has 1 aliphatic rings. The third-order valence-electron chi connectivity index (χ3n) is 2.60. The van der Waals surface area contributed by atoms with E-state index in [9.17, 15) is 4.79 Å². The van der Waals surface area contributed by atoms with Gasteiger partial charge in [-0.25, -0.2) is 4.98 Å². The molecule has 5 nitrogen and oxygen atoms in total. The van der Waals surface area contributed by atoms with Crippen molar-refractivity contribution in [2.24, 2.45) is 0 Å². The number of hydrogen-bond acceptors (Lipinski definition) is 4. The Hall–Kier alpha value is -1.62. The van der Waals surface area contributed by atoms with Crippen LogP contribution in [0, 0.1) is 0 Å². The molecule has 0 spiro atoms. The molecule has 0 unspecified atom stereocenters. The molecule has 1 amide bonds. The normalized spacial score (nSPS) is 16.9. The fourth-order valence-electron chi connectivity index (χ4n) is 1.75.